The van der Waals surface area contributed by atoms with E-state index in [1.165, 1.54) is 5.56 Å². The van der Waals surface area contributed by atoms with E-state index in [1.54, 1.807) is 0 Å². The smallest absolute Gasteiger partial charge is 0.0648 e. The zero-order valence-electron chi connectivity index (χ0n) is 9.49. The van der Waals surface area contributed by atoms with Crippen molar-refractivity contribution >= 4 is 5.69 Å². The third kappa shape index (κ3) is 5.23. The van der Waals surface area contributed by atoms with Crippen LogP contribution in [0.5, 0.6) is 0 Å². The molecule has 0 amide bonds. The summed E-state index contributed by atoms with van der Waals surface area (Å²) in [4.78, 5) is 0. The molecule has 0 aliphatic carbocycles. The molecule has 0 fully saturated rings. The van der Waals surface area contributed by atoms with E-state index in [9.17, 15) is 0 Å². The Morgan fingerprint density at radius 2 is 2.27 bits per heavy atom. The van der Waals surface area contributed by atoms with Crippen molar-refractivity contribution < 1.29 is 4.74 Å². The van der Waals surface area contributed by atoms with Gasteiger partial charge in [0.2, 0.25) is 0 Å². The van der Waals surface area contributed by atoms with Crippen molar-refractivity contribution in [3.63, 3.8) is 0 Å². The number of hydrogen-bond acceptors (Lipinski definition) is 2. The van der Waals surface area contributed by atoms with Crippen LogP contribution in [0.25, 0.3) is 0 Å². The second-order valence-electron chi connectivity index (χ2n) is 3.44. The molecule has 2 heteroatoms. The molecule has 0 heterocycles. The van der Waals surface area contributed by atoms with Crippen molar-refractivity contribution in [1.29, 1.82) is 0 Å². The summed E-state index contributed by atoms with van der Waals surface area (Å²) in [6, 6.07) is 8.34. The number of allylic oxidation sites excluding steroid dienone is 1. The van der Waals surface area contributed by atoms with E-state index in [4.69, 9.17) is 4.74 Å². The molecule has 0 atom stereocenters. The third-order valence-electron chi connectivity index (χ3n) is 2.04. The predicted octanol–water partition coefficient (Wildman–Crippen LogP) is 3.00. The highest BCUT2D eigenvalue weighted by molar-refractivity contribution is 5.45. The maximum atomic E-state index is 5.38. The molecule has 0 saturated carbocycles. The van der Waals surface area contributed by atoms with Gasteiger partial charge in [0.05, 0.1) is 13.2 Å². The molecule has 1 aromatic carbocycles. The summed E-state index contributed by atoms with van der Waals surface area (Å²) >= 11 is 0. The normalized spacial score (nSPS) is 10.8. The summed E-state index contributed by atoms with van der Waals surface area (Å²) in [6.45, 7) is 6.37. The van der Waals surface area contributed by atoms with E-state index < -0.39 is 0 Å². The summed E-state index contributed by atoms with van der Waals surface area (Å²) in [7, 11) is 0. The van der Waals surface area contributed by atoms with E-state index in [2.05, 4.69) is 36.5 Å². The van der Waals surface area contributed by atoms with Gasteiger partial charge in [-0.05, 0) is 31.5 Å². The highest BCUT2D eigenvalue weighted by Gasteiger charge is 1.91. The van der Waals surface area contributed by atoms with Crippen molar-refractivity contribution in [2.75, 3.05) is 25.1 Å². The molecule has 0 aliphatic rings. The second-order valence-corrected chi connectivity index (χ2v) is 3.44. The van der Waals surface area contributed by atoms with Crippen LogP contribution < -0.4 is 5.32 Å². The van der Waals surface area contributed by atoms with Crippen molar-refractivity contribution in [2.45, 2.75) is 13.8 Å². The average molecular weight is 205 g/mol. The molecule has 0 aromatic heterocycles. The van der Waals surface area contributed by atoms with Crippen LogP contribution in [0.15, 0.2) is 36.4 Å². The molecule has 2 nitrogen and oxygen atoms in total. The SMILES string of the molecule is CC=CCOCCNc1cccc(C)c1. The molecule has 0 unspecified atom stereocenters. The van der Waals surface area contributed by atoms with E-state index in [-0.39, 0.29) is 0 Å². The Labute approximate surface area is 92.0 Å². The van der Waals surface area contributed by atoms with Crippen LogP contribution in [0.4, 0.5) is 5.69 Å². The lowest BCUT2D eigenvalue weighted by atomic mass is 10.2. The van der Waals surface area contributed by atoms with E-state index in [1.807, 2.05) is 19.1 Å². The van der Waals surface area contributed by atoms with Crippen molar-refractivity contribution in [1.82, 2.24) is 0 Å². The highest BCUT2D eigenvalue weighted by atomic mass is 16.5. The van der Waals surface area contributed by atoms with E-state index >= 15 is 0 Å². The first kappa shape index (κ1) is 11.8. The fourth-order valence-electron chi connectivity index (χ4n) is 1.27. The molecule has 15 heavy (non-hydrogen) atoms. The Bertz CT molecular complexity index is 307. The molecular weight excluding hydrogens is 186 g/mol. The van der Waals surface area contributed by atoms with Gasteiger partial charge in [-0.2, -0.15) is 0 Å². The Morgan fingerprint density at radius 3 is 3.00 bits per heavy atom. The Balaban J connectivity index is 2.15. The molecule has 1 aromatic rings. The minimum absolute atomic E-state index is 0.700. The van der Waals surface area contributed by atoms with Gasteiger partial charge >= 0.3 is 0 Å². The van der Waals surface area contributed by atoms with E-state index in [0.29, 0.717) is 6.61 Å². The summed E-state index contributed by atoms with van der Waals surface area (Å²) in [6.07, 6.45) is 4.00. The Morgan fingerprint density at radius 1 is 1.40 bits per heavy atom. The topological polar surface area (TPSA) is 21.3 Å². The first-order valence-electron chi connectivity index (χ1n) is 5.32. The number of nitrogens with one attached hydrogen (secondary N) is 1. The molecule has 82 valence electrons. The second kappa shape index (κ2) is 7.07. The van der Waals surface area contributed by atoms with Crippen LogP contribution in [0.2, 0.25) is 0 Å². The fourth-order valence-corrected chi connectivity index (χ4v) is 1.27. The predicted molar refractivity (Wildman–Crippen MR) is 65.3 cm³/mol. The maximum Gasteiger partial charge on any atom is 0.0648 e. The van der Waals surface area contributed by atoms with Gasteiger partial charge < -0.3 is 10.1 Å². The van der Waals surface area contributed by atoms with Gasteiger partial charge in [-0.15, -0.1) is 0 Å². The monoisotopic (exact) mass is 205 g/mol. The van der Waals surface area contributed by atoms with Gasteiger partial charge in [0.15, 0.2) is 0 Å². The van der Waals surface area contributed by atoms with Crippen LogP contribution in [-0.2, 0) is 4.74 Å². The van der Waals surface area contributed by atoms with Crippen LogP contribution in [0.3, 0.4) is 0 Å². The lowest BCUT2D eigenvalue weighted by molar-refractivity contribution is 0.173. The highest BCUT2D eigenvalue weighted by Crippen LogP contribution is 2.08. The zero-order valence-corrected chi connectivity index (χ0v) is 9.49. The zero-order chi connectivity index (χ0) is 10.9. The van der Waals surface area contributed by atoms with Crippen molar-refractivity contribution in [3.8, 4) is 0 Å². The molecular formula is C13H19NO. The Hall–Kier alpha value is -1.28. The average Bonchev–Trinajstić information content (AvgIpc) is 2.23. The lowest BCUT2D eigenvalue weighted by Crippen LogP contribution is -2.09. The third-order valence-corrected chi connectivity index (χ3v) is 2.04. The quantitative estimate of drug-likeness (QED) is 0.569. The van der Waals surface area contributed by atoms with Gasteiger partial charge in [0, 0.05) is 12.2 Å². The summed E-state index contributed by atoms with van der Waals surface area (Å²) < 4.78 is 5.38. The van der Waals surface area contributed by atoms with Crippen LogP contribution in [-0.4, -0.2) is 19.8 Å². The van der Waals surface area contributed by atoms with Gasteiger partial charge in [-0.3, -0.25) is 0 Å². The molecule has 1 rings (SSSR count). The number of rotatable bonds is 6. The standard InChI is InChI=1S/C13H19NO/c1-3-4-9-15-10-8-14-13-7-5-6-12(2)11-13/h3-7,11,14H,8-10H2,1-2H3. The number of benzene rings is 1. The molecule has 0 bridgehead atoms. The molecule has 0 aliphatic heterocycles. The first-order chi connectivity index (χ1) is 7.33. The minimum Gasteiger partial charge on any atom is -0.383 e. The summed E-state index contributed by atoms with van der Waals surface area (Å²) in [5.41, 5.74) is 2.43. The summed E-state index contributed by atoms with van der Waals surface area (Å²) in [5, 5.41) is 3.31. The number of hydrogen-bond donors (Lipinski definition) is 1. The van der Waals surface area contributed by atoms with Crippen LogP contribution in [0, 0.1) is 6.92 Å². The number of aryl methyl sites for hydroxylation is 1. The number of ether oxygens (including phenoxy) is 1. The van der Waals surface area contributed by atoms with Crippen molar-refractivity contribution in [3.05, 3.63) is 42.0 Å². The summed E-state index contributed by atoms with van der Waals surface area (Å²) in [5.74, 6) is 0. The van der Waals surface area contributed by atoms with Crippen LogP contribution in [0.1, 0.15) is 12.5 Å². The van der Waals surface area contributed by atoms with Crippen molar-refractivity contribution in [2.24, 2.45) is 0 Å². The minimum atomic E-state index is 0.700. The first-order valence-corrected chi connectivity index (χ1v) is 5.32. The molecule has 1 N–H and O–H groups in total. The largest absolute Gasteiger partial charge is 0.383 e. The molecule has 0 radical (unpaired) electrons. The maximum absolute atomic E-state index is 5.38. The van der Waals surface area contributed by atoms with Gasteiger partial charge in [-0.25, -0.2) is 0 Å². The molecule has 0 saturated heterocycles. The lowest BCUT2D eigenvalue weighted by Gasteiger charge is -2.06. The molecule has 0 spiro atoms. The fraction of sp³-hybridized carbons (Fsp3) is 0.385. The van der Waals surface area contributed by atoms with Gasteiger partial charge in [-0.1, -0.05) is 24.3 Å². The number of anilines is 1. The van der Waals surface area contributed by atoms with Gasteiger partial charge in [0.1, 0.15) is 0 Å². The Kier molecular flexibility index (Phi) is 5.56. The van der Waals surface area contributed by atoms with Crippen LogP contribution >= 0.6 is 0 Å². The van der Waals surface area contributed by atoms with E-state index in [0.717, 1.165) is 18.8 Å². The van der Waals surface area contributed by atoms with Gasteiger partial charge in [0.25, 0.3) is 0 Å².